The Morgan fingerprint density at radius 3 is 2.32 bits per heavy atom. The summed E-state index contributed by atoms with van der Waals surface area (Å²) in [6.45, 7) is 5.53. The van der Waals surface area contributed by atoms with Gasteiger partial charge in [-0.2, -0.15) is 0 Å². The Morgan fingerprint density at radius 1 is 0.875 bits per heavy atom. The summed E-state index contributed by atoms with van der Waals surface area (Å²) in [7, 11) is 0. The summed E-state index contributed by atoms with van der Waals surface area (Å²) in [5.74, 6) is -3.02. The molecule has 2 atom stereocenters. The van der Waals surface area contributed by atoms with E-state index in [1.54, 1.807) is 4.90 Å². The fourth-order valence-corrected chi connectivity index (χ4v) is 12.4. The molecule has 13 nitrogen and oxygen atoms in total. The molecule has 16 heteroatoms. The van der Waals surface area contributed by atoms with Gasteiger partial charge in [0.15, 0.2) is 17.2 Å². The number of imide groups is 1. The van der Waals surface area contributed by atoms with Crippen molar-refractivity contribution in [1.29, 1.82) is 0 Å². The van der Waals surface area contributed by atoms with Crippen molar-refractivity contribution in [2.45, 2.75) is 94.2 Å². The van der Waals surface area contributed by atoms with Gasteiger partial charge in [0.2, 0.25) is 17.7 Å². The lowest BCUT2D eigenvalue weighted by Gasteiger charge is -2.43. The monoisotopic (exact) mass is 1000 g/mol. The summed E-state index contributed by atoms with van der Waals surface area (Å²) in [5.41, 5.74) is 7.43. The predicted molar refractivity (Wildman–Crippen MR) is 271 cm³/mol. The fraction of sp³-hybridized carbons (Fsp3) is 0.429. The molecule has 0 bridgehead atoms. The highest BCUT2D eigenvalue weighted by atomic mass is 35.5. The van der Waals surface area contributed by atoms with Gasteiger partial charge in [-0.15, -0.1) is 0 Å². The van der Waals surface area contributed by atoms with Gasteiger partial charge < -0.3 is 35.4 Å². The van der Waals surface area contributed by atoms with Gasteiger partial charge >= 0.3 is 6.03 Å². The second-order valence-corrected chi connectivity index (χ2v) is 20.5. The van der Waals surface area contributed by atoms with Crippen molar-refractivity contribution in [2.75, 3.05) is 57.4 Å². The highest BCUT2D eigenvalue weighted by Crippen LogP contribution is 2.56. The van der Waals surface area contributed by atoms with Crippen LogP contribution in [-0.2, 0) is 15.2 Å². The zero-order chi connectivity index (χ0) is 50.3. The normalized spacial score (nSPS) is 23.2. The molecule has 3 saturated heterocycles. The van der Waals surface area contributed by atoms with Gasteiger partial charge in [0.1, 0.15) is 18.2 Å². The number of benzene rings is 5. The van der Waals surface area contributed by atoms with E-state index in [4.69, 9.17) is 26.8 Å². The lowest BCUT2D eigenvalue weighted by Crippen LogP contribution is -2.51. The number of nitrogens with two attached hydrogens (primary N) is 1. The third kappa shape index (κ3) is 9.52. The molecule has 1 saturated carbocycles. The Labute approximate surface area is 422 Å². The molecule has 5 aromatic rings. The standard InChI is InChI=1S/C56H61ClF2N6O7/c1-33-48-46(31-44(58)51(57)50(48)49-43(53(60)68)15-16-45(52(49)59)71-28-27-66)72-56(33,39-5-3-2-4-6-39)32-61-40-12-9-36(10-13-40)54(69)64-24-19-41(20-25-64)63-22-17-35(18-23-63)37-8-7-34-11-14-42(30-38(34)29-37)65-26-21-47(67)62-55(65)70/h2-8,11,14-16,29-31,33,35-36,40-41,61,66H,9-10,12-13,17-28,32H2,1H3,(H2,60,68)(H,62,67,70)/t33-,36?,40?,56-/m0/s1. The van der Waals surface area contributed by atoms with Crippen molar-refractivity contribution in [3.63, 3.8) is 0 Å². The lowest BCUT2D eigenvalue weighted by molar-refractivity contribution is -0.138. The number of anilines is 1. The molecule has 10 rings (SSSR count). The van der Waals surface area contributed by atoms with Crippen LogP contribution in [0.1, 0.15) is 104 Å². The molecule has 5 aliphatic rings. The SMILES string of the molecule is C[C@H]1c2c(cc(F)c(Cl)c2-c2c(C(N)=O)ccc(OCCO)c2F)O[C@]1(CNC1CCC(C(=O)N2CCC(N3CCC(c4ccc5ccc(N6CCC(=O)NC6=O)cc5c4)CC3)CC2)CC1)c1ccccc1. The summed E-state index contributed by atoms with van der Waals surface area (Å²) >= 11 is 6.73. The number of piperidine rings is 2. The highest BCUT2D eigenvalue weighted by molar-refractivity contribution is 6.34. The molecule has 1 aliphatic carbocycles. The first-order valence-corrected chi connectivity index (χ1v) is 25.7. The minimum Gasteiger partial charge on any atom is -0.488 e. The van der Waals surface area contributed by atoms with E-state index in [2.05, 4.69) is 38.6 Å². The van der Waals surface area contributed by atoms with Crippen molar-refractivity contribution in [3.05, 3.63) is 124 Å². The molecule has 0 spiro atoms. The topological polar surface area (TPSA) is 167 Å². The summed E-state index contributed by atoms with van der Waals surface area (Å²) in [6.07, 6.45) is 7.39. The van der Waals surface area contributed by atoms with Crippen LogP contribution in [0.3, 0.4) is 0 Å². The van der Waals surface area contributed by atoms with Crippen molar-refractivity contribution in [1.82, 2.24) is 20.4 Å². The number of primary amides is 1. The molecule has 5 N–H and O–H groups in total. The zero-order valence-electron chi connectivity index (χ0n) is 40.4. The second kappa shape index (κ2) is 20.8. The van der Waals surface area contributed by atoms with Crippen LogP contribution in [-0.4, -0.2) is 103 Å². The van der Waals surface area contributed by atoms with Crippen LogP contribution in [0.15, 0.2) is 84.9 Å². The average molecular weight is 1000 g/mol. The third-order valence-electron chi connectivity index (χ3n) is 16.1. The van der Waals surface area contributed by atoms with Crippen LogP contribution < -0.4 is 30.7 Å². The van der Waals surface area contributed by atoms with E-state index in [9.17, 15) is 24.3 Å². The number of carbonyl (C=O) groups is 4. The highest BCUT2D eigenvalue weighted by Gasteiger charge is 2.50. The van der Waals surface area contributed by atoms with Crippen LogP contribution in [0.25, 0.3) is 21.9 Å². The number of fused-ring (bicyclic) bond motifs is 2. The first-order valence-electron chi connectivity index (χ1n) is 25.4. The number of rotatable bonds is 13. The van der Waals surface area contributed by atoms with Crippen LogP contribution in [0.2, 0.25) is 5.02 Å². The number of ether oxygens (including phenoxy) is 2. The smallest absolute Gasteiger partial charge is 0.328 e. The quantitative estimate of drug-likeness (QED) is 0.0902. The molecule has 5 amide bonds. The van der Waals surface area contributed by atoms with E-state index in [-0.39, 0.29) is 77.6 Å². The Kier molecular flexibility index (Phi) is 14.3. The van der Waals surface area contributed by atoms with Crippen LogP contribution in [0.5, 0.6) is 11.5 Å². The minimum absolute atomic E-state index is 0.0492. The largest absolute Gasteiger partial charge is 0.488 e. The van der Waals surface area contributed by atoms with Crippen molar-refractivity contribution in [3.8, 4) is 22.6 Å². The fourth-order valence-electron chi connectivity index (χ4n) is 12.1. The number of amides is 5. The lowest BCUT2D eigenvalue weighted by atomic mass is 9.77. The summed E-state index contributed by atoms with van der Waals surface area (Å²) in [6, 6.07) is 26.1. The number of hydrogen-bond acceptors (Lipinski definition) is 9. The number of halogens is 3. The molecule has 4 aliphatic heterocycles. The number of nitrogens with zero attached hydrogens (tertiary/aromatic N) is 3. The molecule has 0 unspecified atom stereocenters. The van der Waals surface area contributed by atoms with Crippen LogP contribution in [0.4, 0.5) is 19.3 Å². The number of nitrogens with one attached hydrogen (secondary N) is 2. The van der Waals surface area contributed by atoms with Crippen molar-refractivity contribution in [2.24, 2.45) is 11.7 Å². The Balaban J connectivity index is 0.748. The Hall–Kier alpha value is -6.13. The number of aliphatic hydroxyl groups excluding tert-OH is 1. The average Bonchev–Trinajstić information content (AvgIpc) is 3.68. The van der Waals surface area contributed by atoms with E-state index >= 15 is 8.78 Å². The number of hydrogen-bond donors (Lipinski definition) is 4. The minimum atomic E-state index is -1.10. The van der Waals surface area contributed by atoms with Gasteiger partial charge in [0.05, 0.1) is 17.2 Å². The molecule has 72 heavy (non-hydrogen) atoms. The van der Waals surface area contributed by atoms with Crippen LogP contribution in [0, 0.1) is 17.6 Å². The van der Waals surface area contributed by atoms with E-state index < -0.39 is 34.1 Å². The van der Waals surface area contributed by atoms with Gasteiger partial charge in [-0.25, -0.2) is 13.6 Å². The molecule has 4 fully saturated rings. The number of urea groups is 1. The summed E-state index contributed by atoms with van der Waals surface area (Å²) < 4.78 is 44.6. The molecule has 0 radical (unpaired) electrons. The zero-order valence-corrected chi connectivity index (χ0v) is 41.2. The van der Waals surface area contributed by atoms with E-state index in [1.807, 2.05) is 55.5 Å². The summed E-state index contributed by atoms with van der Waals surface area (Å²) in [5, 5.41) is 17.4. The number of likely N-dealkylation sites (tertiary alicyclic amines) is 2. The molecular weight excluding hydrogens is 942 g/mol. The van der Waals surface area contributed by atoms with Crippen LogP contribution >= 0.6 is 11.6 Å². The van der Waals surface area contributed by atoms with Gasteiger partial charge in [0, 0.05) is 85.0 Å². The maximum absolute atomic E-state index is 16.5. The molecule has 5 aromatic carbocycles. The van der Waals surface area contributed by atoms with Crippen molar-refractivity contribution >= 4 is 51.8 Å². The molecule has 4 heterocycles. The Bertz CT molecular complexity index is 2880. The van der Waals surface area contributed by atoms with Gasteiger partial charge in [-0.05, 0) is 117 Å². The van der Waals surface area contributed by atoms with Gasteiger partial charge in [-0.1, -0.05) is 73.1 Å². The summed E-state index contributed by atoms with van der Waals surface area (Å²) in [4.78, 5) is 57.4. The first-order chi connectivity index (χ1) is 34.8. The van der Waals surface area contributed by atoms with Gasteiger partial charge in [-0.3, -0.25) is 24.6 Å². The van der Waals surface area contributed by atoms with E-state index in [0.29, 0.717) is 30.6 Å². The molecular formula is C56H61ClF2N6O7. The maximum atomic E-state index is 16.5. The van der Waals surface area contributed by atoms with Crippen molar-refractivity contribution < 1.29 is 42.5 Å². The third-order valence-corrected chi connectivity index (χ3v) is 16.5. The predicted octanol–water partition coefficient (Wildman–Crippen LogP) is 8.77. The molecule has 0 aromatic heterocycles. The number of carbonyl (C=O) groups excluding carboxylic acids is 4. The molecule has 378 valence electrons. The van der Waals surface area contributed by atoms with Gasteiger partial charge in [0.25, 0.3) is 0 Å². The number of aliphatic hydroxyl groups is 1. The first kappa shape index (κ1) is 49.4. The Morgan fingerprint density at radius 2 is 1.61 bits per heavy atom. The maximum Gasteiger partial charge on any atom is 0.328 e. The second-order valence-electron chi connectivity index (χ2n) is 20.1. The van der Waals surface area contributed by atoms with E-state index in [1.165, 1.54) is 23.8 Å². The van der Waals surface area contributed by atoms with E-state index in [0.717, 1.165) is 99.6 Å².